The number of hydrogen-bond donors (Lipinski definition) is 1. The fourth-order valence-electron chi connectivity index (χ4n) is 4.49. The van der Waals surface area contributed by atoms with Crippen molar-refractivity contribution in [2.75, 3.05) is 20.8 Å². The highest BCUT2D eigenvalue weighted by molar-refractivity contribution is 6.31. The SMILES string of the molecule is CCCOc1cc(Cl)c(CN(C)C2C[C@H]3CC(O)C[C@H]3C2)cc1OC. The summed E-state index contributed by atoms with van der Waals surface area (Å²) in [4.78, 5) is 2.40. The zero-order valence-electron chi connectivity index (χ0n) is 15.5. The van der Waals surface area contributed by atoms with Gasteiger partial charge >= 0.3 is 0 Å². The molecule has 1 aromatic carbocycles. The molecule has 2 aliphatic rings. The molecule has 0 aromatic heterocycles. The van der Waals surface area contributed by atoms with Gasteiger partial charge in [-0.3, -0.25) is 4.90 Å². The van der Waals surface area contributed by atoms with Crippen LogP contribution in [-0.4, -0.2) is 42.9 Å². The van der Waals surface area contributed by atoms with Crippen molar-refractivity contribution in [1.82, 2.24) is 4.90 Å². The highest BCUT2D eigenvalue weighted by Crippen LogP contribution is 2.46. The number of methoxy groups -OCH3 is 1. The lowest BCUT2D eigenvalue weighted by molar-refractivity contribution is 0.158. The average Bonchev–Trinajstić information content (AvgIpc) is 3.12. The molecule has 0 aliphatic heterocycles. The highest BCUT2D eigenvalue weighted by Gasteiger charge is 2.42. The first-order valence-corrected chi connectivity index (χ1v) is 9.77. The molecule has 4 nitrogen and oxygen atoms in total. The van der Waals surface area contributed by atoms with Gasteiger partial charge in [0.25, 0.3) is 0 Å². The maximum absolute atomic E-state index is 9.82. The van der Waals surface area contributed by atoms with E-state index in [1.165, 1.54) is 12.8 Å². The Kier molecular flexibility index (Phi) is 6.13. The summed E-state index contributed by atoms with van der Waals surface area (Å²) in [7, 11) is 3.84. The molecular formula is C20H30ClNO3. The molecule has 2 unspecified atom stereocenters. The number of fused-ring (bicyclic) bond motifs is 1. The quantitative estimate of drug-likeness (QED) is 0.787. The number of benzene rings is 1. The standard InChI is InChI=1S/C20H30ClNO3/c1-4-5-25-20-11-18(21)15(10-19(20)24-3)12-22(2)16-6-13-8-17(23)9-14(13)7-16/h10-11,13-14,16-17,23H,4-9,12H2,1-3H3/t13-,14+,16?,17?. The fourth-order valence-corrected chi connectivity index (χ4v) is 4.71. The van der Waals surface area contributed by atoms with Gasteiger partial charge in [0, 0.05) is 23.7 Å². The largest absolute Gasteiger partial charge is 0.493 e. The zero-order chi connectivity index (χ0) is 18.0. The van der Waals surface area contributed by atoms with Crippen molar-refractivity contribution < 1.29 is 14.6 Å². The second-order valence-electron chi connectivity index (χ2n) is 7.63. The van der Waals surface area contributed by atoms with E-state index < -0.39 is 0 Å². The second kappa shape index (κ2) is 8.15. The zero-order valence-corrected chi connectivity index (χ0v) is 16.3. The van der Waals surface area contributed by atoms with E-state index in [0.717, 1.165) is 42.1 Å². The Balaban J connectivity index is 1.66. The van der Waals surface area contributed by atoms with Crippen LogP contribution in [0.1, 0.15) is 44.6 Å². The summed E-state index contributed by atoms with van der Waals surface area (Å²) in [6.07, 6.45) is 5.20. The van der Waals surface area contributed by atoms with Crippen LogP contribution in [0.4, 0.5) is 0 Å². The molecule has 0 heterocycles. The summed E-state index contributed by atoms with van der Waals surface area (Å²) >= 11 is 6.51. The van der Waals surface area contributed by atoms with Crippen molar-refractivity contribution in [2.45, 2.75) is 57.7 Å². The van der Waals surface area contributed by atoms with Gasteiger partial charge in [0.05, 0.1) is 19.8 Å². The van der Waals surface area contributed by atoms with Crippen molar-refractivity contribution >= 4 is 11.6 Å². The lowest BCUT2D eigenvalue weighted by Crippen LogP contribution is -2.30. The molecule has 4 atom stereocenters. The van der Waals surface area contributed by atoms with Crippen LogP contribution in [0.5, 0.6) is 11.5 Å². The Morgan fingerprint density at radius 1 is 1.16 bits per heavy atom. The summed E-state index contributed by atoms with van der Waals surface area (Å²) in [5.74, 6) is 2.84. The summed E-state index contributed by atoms with van der Waals surface area (Å²) in [6, 6.07) is 4.45. The molecule has 0 amide bonds. The number of aliphatic hydroxyl groups excluding tert-OH is 1. The first-order chi connectivity index (χ1) is 12.0. The number of hydrogen-bond acceptors (Lipinski definition) is 4. The van der Waals surface area contributed by atoms with Crippen molar-refractivity contribution in [3.63, 3.8) is 0 Å². The minimum Gasteiger partial charge on any atom is -0.493 e. The number of rotatable bonds is 7. The smallest absolute Gasteiger partial charge is 0.162 e. The predicted octanol–water partition coefficient (Wildman–Crippen LogP) is 4.12. The van der Waals surface area contributed by atoms with Crippen LogP contribution in [-0.2, 0) is 6.54 Å². The lowest BCUT2D eigenvalue weighted by Gasteiger charge is -2.26. The Bertz CT molecular complexity index is 581. The van der Waals surface area contributed by atoms with Gasteiger partial charge in [-0.2, -0.15) is 0 Å². The molecule has 5 heteroatoms. The first-order valence-electron chi connectivity index (χ1n) is 9.39. The highest BCUT2D eigenvalue weighted by atomic mass is 35.5. The van der Waals surface area contributed by atoms with Crippen LogP contribution in [0.25, 0.3) is 0 Å². The van der Waals surface area contributed by atoms with Crippen molar-refractivity contribution in [3.05, 3.63) is 22.7 Å². The molecule has 0 radical (unpaired) electrons. The van der Waals surface area contributed by atoms with Crippen LogP contribution in [0.15, 0.2) is 12.1 Å². The molecule has 1 N–H and O–H groups in total. The molecule has 2 saturated carbocycles. The van der Waals surface area contributed by atoms with E-state index in [-0.39, 0.29) is 6.10 Å². The maximum atomic E-state index is 9.82. The van der Waals surface area contributed by atoms with Gasteiger partial charge < -0.3 is 14.6 Å². The van der Waals surface area contributed by atoms with Gasteiger partial charge in [-0.1, -0.05) is 18.5 Å². The van der Waals surface area contributed by atoms with Crippen LogP contribution in [0.2, 0.25) is 5.02 Å². The van der Waals surface area contributed by atoms with Crippen LogP contribution < -0.4 is 9.47 Å². The fraction of sp³-hybridized carbons (Fsp3) is 0.700. The maximum Gasteiger partial charge on any atom is 0.162 e. The normalized spacial score (nSPS) is 28.4. The molecule has 0 spiro atoms. The van der Waals surface area contributed by atoms with Gasteiger partial charge in [0.15, 0.2) is 11.5 Å². The summed E-state index contributed by atoms with van der Waals surface area (Å²) in [5.41, 5.74) is 1.07. The average molecular weight is 368 g/mol. The molecule has 1 aromatic rings. The van der Waals surface area contributed by atoms with Gasteiger partial charge in [-0.25, -0.2) is 0 Å². The molecule has 0 saturated heterocycles. The van der Waals surface area contributed by atoms with E-state index in [0.29, 0.717) is 30.2 Å². The number of nitrogens with zero attached hydrogens (tertiary/aromatic N) is 1. The minimum absolute atomic E-state index is 0.0735. The third-order valence-corrected chi connectivity index (χ3v) is 6.16. The molecule has 2 aliphatic carbocycles. The Morgan fingerprint density at radius 2 is 1.84 bits per heavy atom. The molecule has 3 rings (SSSR count). The Morgan fingerprint density at radius 3 is 2.44 bits per heavy atom. The third-order valence-electron chi connectivity index (χ3n) is 5.80. The molecule has 25 heavy (non-hydrogen) atoms. The summed E-state index contributed by atoms with van der Waals surface area (Å²) in [5, 5.41) is 10.5. The number of halogens is 1. The van der Waals surface area contributed by atoms with E-state index in [1.54, 1.807) is 7.11 Å². The van der Waals surface area contributed by atoms with Crippen molar-refractivity contribution in [3.8, 4) is 11.5 Å². The van der Waals surface area contributed by atoms with Gasteiger partial charge in [-0.05, 0) is 62.6 Å². The monoisotopic (exact) mass is 367 g/mol. The Hall–Kier alpha value is -0.970. The molecular weight excluding hydrogens is 338 g/mol. The number of aliphatic hydroxyl groups is 1. The molecule has 140 valence electrons. The minimum atomic E-state index is -0.0735. The Labute approximate surface area is 156 Å². The predicted molar refractivity (Wildman–Crippen MR) is 100 cm³/mol. The van der Waals surface area contributed by atoms with Crippen LogP contribution in [0, 0.1) is 11.8 Å². The van der Waals surface area contributed by atoms with E-state index in [1.807, 2.05) is 12.1 Å². The third kappa shape index (κ3) is 4.24. The topological polar surface area (TPSA) is 41.9 Å². The van der Waals surface area contributed by atoms with Gasteiger partial charge in [0.1, 0.15) is 0 Å². The molecule has 2 fully saturated rings. The van der Waals surface area contributed by atoms with Crippen molar-refractivity contribution in [1.29, 1.82) is 0 Å². The van der Waals surface area contributed by atoms with E-state index in [9.17, 15) is 5.11 Å². The van der Waals surface area contributed by atoms with Crippen LogP contribution >= 0.6 is 11.6 Å². The summed E-state index contributed by atoms with van der Waals surface area (Å²) in [6.45, 7) is 3.53. The number of ether oxygens (including phenoxy) is 2. The van der Waals surface area contributed by atoms with Gasteiger partial charge in [-0.15, -0.1) is 0 Å². The lowest BCUT2D eigenvalue weighted by atomic mass is 10.0. The first kappa shape index (κ1) is 18.8. The second-order valence-corrected chi connectivity index (χ2v) is 8.04. The van der Waals surface area contributed by atoms with Crippen LogP contribution in [0.3, 0.4) is 0 Å². The van der Waals surface area contributed by atoms with Crippen molar-refractivity contribution in [2.24, 2.45) is 11.8 Å². The molecule has 0 bridgehead atoms. The van der Waals surface area contributed by atoms with E-state index in [4.69, 9.17) is 21.1 Å². The summed E-state index contributed by atoms with van der Waals surface area (Å²) < 4.78 is 11.2. The van der Waals surface area contributed by atoms with E-state index >= 15 is 0 Å². The van der Waals surface area contributed by atoms with E-state index in [2.05, 4.69) is 18.9 Å². The van der Waals surface area contributed by atoms with Gasteiger partial charge in [0.2, 0.25) is 0 Å².